The Morgan fingerprint density at radius 2 is 0.882 bits per heavy atom. The Balaban J connectivity index is 1.35. The number of benzene rings is 5. The van der Waals surface area contributed by atoms with Crippen molar-refractivity contribution in [3.63, 3.8) is 0 Å². The lowest BCUT2D eigenvalue weighted by atomic mass is 9.93. The third-order valence-corrected chi connectivity index (χ3v) is 14.5. The van der Waals surface area contributed by atoms with Gasteiger partial charge in [-0.15, -0.1) is 0 Å². The zero-order valence-electron chi connectivity index (χ0n) is 45.1. The van der Waals surface area contributed by atoms with Crippen LogP contribution in [0.5, 0.6) is 0 Å². The molecule has 0 saturated carbocycles. The molecule has 0 amide bonds. The molecule has 0 N–H and O–H groups in total. The summed E-state index contributed by atoms with van der Waals surface area (Å²) in [5.74, 6) is -0.597. The Hall–Kier alpha value is -4.64. The summed E-state index contributed by atoms with van der Waals surface area (Å²) in [5, 5.41) is 0. The van der Waals surface area contributed by atoms with Crippen molar-refractivity contribution >= 4 is 13.8 Å². The third kappa shape index (κ3) is 18.0. The van der Waals surface area contributed by atoms with Crippen LogP contribution in [0, 0.1) is 5.41 Å². The number of carbonyl (C=O) groups is 1. The van der Waals surface area contributed by atoms with Crippen molar-refractivity contribution in [1.82, 2.24) is 0 Å². The number of esters is 1. The summed E-state index contributed by atoms with van der Waals surface area (Å²) in [7, 11) is -4.37. The Bertz CT molecular complexity index is 2420. The molecule has 2 aliphatic rings. The van der Waals surface area contributed by atoms with E-state index in [4.69, 9.17) is 56.2 Å². The summed E-state index contributed by atoms with van der Waals surface area (Å²) < 4.78 is 95.7. The molecule has 412 valence electrons. The van der Waals surface area contributed by atoms with Crippen LogP contribution in [-0.2, 0) is 98.6 Å². The molecule has 10 atom stereocenters. The fraction of sp³-hybridized carbons (Fsp3) is 0.492. The van der Waals surface area contributed by atoms with Gasteiger partial charge in [0, 0.05) is 0 Å². The SMILES string of the molecule is CCCCOP(=O)(OCCCC)O[C@@H]1OC(CC)[C@@H](OCc2ccccc2)[C@H](O[C@@H]2OC(COCc3ccccc3)[C@@H](OCc3ccccc3)[C@@H](OCc3ccccc3)C2OCc2ccccc2)C1OC(=O)C(C)(C)C. The molecule has 0 aromatic heterocycles. The van der Waals surface area contributed by atoms with Crippen LogP contribution >= 0.6 is 7.82 Å². The van der Waals surface area contributed by atoms with E-state index >= 15 is 0 Å². The highest BCUT2D eigenvalue weighted by atomic mass is 31.2. The van der Waals surface area contributed by atoms with Crippen molar-refractivity contribution in [2.75, 3.05) is 19.8 Å². The summed E-state index contributed by atoms with van der Waals surface area (Å²) in [5.41, 5.74) is 3.62. The van der Waals surface area contributed by atoms with Gasteiger partial charge in [-0.25, -0.2) is 4.57 Å². The summed E-state index contributed by atoms with van der Waals surface area (Å²) in [6.07, 6.45) is -7.52. The number of ether oxygens (including phenoxy) is 9. The van der Waals surface area contributed by atoms with E-state index in [-0.39, 0.29) is 46.2 Å². The van der Waals surface area contributed by atoms with Crippen LogP contribution < -0.4 is 0 Å². The molecule has 2 heterocycles. The molecule has 0 bridgehead atoms. The summed E-state index contributed by atoms with van der Waals surface area (Å²) in [6.45, 7) is 12.4. The number of unbranched alkanes of at least 4 members (excludes halogenated alkanes) is 2. The van der Waals surface area contributed by atoms with Gasteiger partial charge in [0.25, 0.3) is 0 Å². The van der Waals surface area contributed by atoms with Gasteiger partial charge in [0.2, 0.25) is 6.29 Å². The lowest BCUT2D eigenvalue weighted by Gasteiger charge is -2.50. The van der Waals surface area contributed by atoms with Crippen LogP contribution in [0.3, 0.4) is 0 Å². The summed E-state index contributed by atoms with van der Waals surface area (Å²) in [6, 6.07) is 49.2. The summed E-state index contributed by atoms with van der Waals surface area (Å²) in [4.78, 5) is 14.4. The number of phosphoric ester groups is 1. The minimum Gasteiger partial charge on any atom is -0.454 e. The smallest absolute Gasteiger partial charge is 0.454 e. The largest absolute Gasteiger partial charge is 0.477 e. The van der Waals surface area contributed by atoms with E-state index in [0.29, 0.717) is 25.9 Å². The van der Waals surface area contributed by atoms with Crippen LogP contribution in [0.25, 0.3) is 0 Å². The van der Waals surface area contributed by atoms with Gasteiger partial charge >= 0.3 is 13.8 Å². The first-order chi connectivity index (χ1) is 37.0. The van der Waals surface area contributed by atoms with Crippen molar-refractivity contribution in [3.8, 4) is 0 Å². The van der Waals surface area contributed by atoms with Gasteiger partial charge in [-0.05, 0) is 67.9 Å². The van der Waals surface area contributed by atoms with Gasteiger partial charge in [-0.1, -0.05) is 185 Å². The standard InChI is InChI=1S/C61H79O14P/c1-7-10-37-69-76(63,70-38-11-8-2)75-59-57(74-60(62)61(4,5)6)55(52(50(9-3)71-59)65-40-46-29-19-13-20-30-46)73-58-56(68-43-49-35-25-16-26-36-49)54(67-42-48-33-23-15-24-34-48)53(66-41-47-31-21-14-22-32-47)51(72-58)44-64-39-45-27-17-12-18-28-45/h12-36,50-59H,7-11,37-44H2,1-6H3/t50?,51?,52-,53-,54-,55+,56?,57?,58+,59+/m1/s1. The van der Waals surface area contributed by atoms with Gasteiger partial charge in [0.05, 0.1) is 64.4 Å². The monoisotopic (exact) mass is 1070 g/mol. The maximum atomic E-state index is 14.8. The van der Waals surface area contributed by atoms with Crippen molar-refractivity contribution in [3.05, 3.63) is 179 Å². The average molecular weight is 1070 g/mol. The molecule has 5 aromatic carbocycles. The first-order valence-corrected chi connectivity index (χ1v) is 28.4. The number of hydrogen-bond acceptors (Lipinski definition) is 14. The van der Waals surface area contributed by atoms with Gasteiger partial charge in [-0.2, -0.15) is 0 Å². The van der Waals surface area contributed by atoms with Crippen LogP contribution in [0.2, 0.25) is 0 Å². The number of carbonyl (C=O) groups excluding carboxylic acids is 1. The van der Waals surface area contributed by atoms with Crippen molar-refractivity contribution in [2.24, 2.45) is 5.41 Å². The van der Waals surface area contributed by atoms with Crippen LogP contribution in [0.1, 0.15) is 101 Å². The molecule has 2 fully saturated rings. The molecule has 7 rings (SSSR count). The quantitative estimate of drug-likeness (QED) is 0.0244. The fourth-order valence-electron chi connectivity index (χ4n) is 8.72. The van der Waals surface area contributed by atoms with Gasteiger partial charge < -0.3 is 42.6 Å². The molecule has 2 aliphatic heterocycles. The average Bonchev–Trinajstić information content (AvgIpc) is 3.48. The second-order valence-corrected chi connectivity index (χ2v) is 21.8. The van der Waals surface area contributed by atoms with E-state index in [1.807, 2.05) is 172 Å². The second-order valence-electron chi connectivity index (χ2n) is 20.2. The molecular weight excluding hydrogens is 988 g/mol. The zero-order chi connectivity index (χ0) is 53.6. The Kier molecular flexibility index (Phi) is 23.7. The first kappa shape index (κ1) is 59.0. The Morgan fingerprint density at radius 1 is 0.487 bits per heavy atom. The molecule has 4 unspecified atom stereocenters. The van der Waals surface area contributed by atoms with Gasteiger partial charge in [0.15, 0.2) is 12.4 Å². The molecule has 76 heavy (non-hydrogen) atoms. The molecular formula is C61H79O14P. The van der Waals surface area contributed by atoms with Crippen LogP contribution in [-0.4, -0.2) is 87.2 Å². The van der Waals surface area contributed by atoms with E-state index in [1.54, 1.807) is 20.8 Å². The van der Waals surface area contributed by atoms with Crippen molar-refractivity contribution in [1.29, 1.82) is 0 Å². The number of phosphoric acid groups is 1. The normalized spacial score (nSPS) is 24.0. The first-order valence-electron chi connectivity index (χ1n) is 27.0. The molecule has 0 spiro atoms. The van der Waals surface area contributed by atoms with Gasteiger partial charge in [0.1, 0.15) is 36.6 Å². The van der Waals surface area contributed by atoms with Crippen LogP contribution in [0.15, 0.2) is 152 Å². The minimum absolute atomic E-state index is 0.0612. The highest BCUT2D eigenvalue weighted by Gasteiger charge is 2.57. The second kappa shape index (κ2) is 30.5. The molecule has 15 heteroatoms. The lowest BCUT2D eigenvalue weighted by molar-refractivity contribution is -0.369. The number of rotatable bonds is 30. The van der Waals surface area contributed by atoms with E-state index in [1.165, 1.54) is 0 Å². The van der Waals surface area contributed by atoms with E-state index in [2.05, 4.69) is 0 Å². The predicted molar refractivity (Wildman–Crippen MR) is 288 cm³/mol. The highest BCUT2D eigenvalue weighted by Crippen LogP contribution is 2.53. The van der Waals surface area contributed by atoms with Crippen molar-refractivity contribution < 1.29 is 65.6 Å². The Morgan fingerprint density at radius 3 is 1.30 bits per heavy atom. The predicted octanol–water partition coefficient (Wildman–Crippen LogP) is 12.5. The molecule has 0 aliphatic carbocycles. The number of hydrogen-bond donors (Lipinski definition) is 0. The van der Waals surface area contributed by atoms with Crippen molar-refractivity contribution in [2.45, 2.75) is 168 Å². The fourth-order valence-corrected chi connectivity index (χ4v) is 10.0. The molecule has 5 aromatic rings. The van der Waals surface area contributed by atoms with E-state index < -0.39 is 80.6 Å². The molecule has 2 saturated heterocycles. The highest BCUT2D eigenvalue weighted by molar-refractivity contribution is 7.48. The minimum atomic E-state index is -4.37. The third-order valence-electron chi connectivity index (χ3n) is 13.0. The molecule has 14 nitrogen and oxygen atoms in total. The van der Waals surface area contributed by atoms with E-state index in [9.17, 15) is 9.36 Å². The summed E-state index contributed by atoms with van der Waals surface area (Å²) >= 11 is 0. The van der Waals surface area contributed by atoms with Crippen LogP contribution in [0.4, 0.5) is 0 Å². The maximum absolute atomic E-state index is 14.8. The van der Waals surface area contributed by atoms with Gasteiger partial charge in [-0.3, -0.25) is 18.4 Å². The zero-order valence-corrected chi connectivity index (χ0v) is 46.0. The topological polar surface area (TPSA) is 145 Å². The lowest BCUT2D eigenvalue weighted by Crippen LogP contribution is -2.66. The molecule has 0 radical (unpaired) electrons. The Labute approximate surface area is 450 Å². The van der Waals surface area contributed by atoms with E-state index in [0.717, 1.165) is 40.7 Å². The maximum Gasteiger partial charge on any atom is 0.477 e.